The Morgan fingerprint density at radius 3 is 1.93 bits per heavy atom. The number of nitrogens with one attached hydrogen (secondary N) is 1. The van der Waals surface area contributed by atoms with Gasteiger partial charge in [0.25, 0.3) is 11.4 Å². The highest BCUT2D eigenvalue weighted by Gasteiger charge is 2.31. The zero-order valence-electron chi connectivity index (χ0n) is 23.0. The molecule has 0 radical (unpaired) electrons. The standard InChI is InChI=1S/C25H25N3O13S2/c1-37-18-13-22(39-3)19(23(14-18)40-4)9-10-26-42(33,34)15-16-5-7-21(38-2)24(11-16)41-43(35,36)25-8-6-17(27(29)30)12-20(25)28(31)32/h5-14,26H,15H2,1-4H3/b10-9+. The van der Waals surface area contributed by atoms with Crippen molar-refractivity contribution in [2.45, 2.75) is 10.6 Å². The van der Waals surface area contributed by atoms with Crippen LogP contribution in [0.15, 0.2) is 59.6 Å². The van der Waals surface area contributed by atoms with Gasteiger partial charge in [-0.15, -0.1) is 0 Å². The number of sulfonamides is 1. The molecule has 3 aromatic rings. The van der Waals surface area contributed by atoms with E-state index in [2.05, 4.69) is 4.72 Å². The summed E-state index contributed by atoms with van der Waals surface area (Å²) in [5, 5.41) is 22.4. The Labute approximate surface area is 245 Å². The quantitative estimate of drug-likeness (QED) is 0.152. The lowest BCUT2D eigenvalue weighted by Gasteiger charge is -2.13. The molecule has 230 valence electrons. The molecule has 0 aliphatic heterocycles. The molecule has 3 aromatic carbocycles. The van der Waals surface area contributed by atoms with Crippen LogP contribution in [-0.4, -0.2) is 55.1 Å². The molecular weight excluding hydrogens is 614 g/mol. The second-order valence-corrected chi connectivity index (χ2v) is 11.6. The second-order valence-electron chi connectivity index (χ2n) is 8.34. The summed E-state index contributed by atoms with van der Waals surface area (Å²) in [4.78, 5) is 19.4. The molecule has 0 fully saturated rings. The molecule has 0 aliphatic rings. The highest BCUT2D eigenvalue weighted by Crippen LogP contribution is 2.36. The van der Waals surface area contributed by atoms with Crippen LogP contribution in [-0.2, 0) is 25.9 Å². The summed E-state index contributed by atoms with van der Waals surface area (Å²) in [6.45, 7) is 0. The van der Waals surface area contributed by atoms with Gasteiger partial charge in [-0.25, -0.2) is 8.42 Å². The SMILES string of the molecule is COc1cc(OC)c(/C=C/NS(=O)(=O)Cc2ccc(OC)c(OS(=O)(=O)c3ccc([N+](=O)[O-])cc3[N+](=O)[O-])c2)c(OC)c1. The number of nitro groups is 2. The van der Waals surface area contributed by atoms with E-state index in [4.69, 9.17) is 23.1 Å². The molecule has 1 N–H and O–H groups in total. The molecule has 18 heteroatoms. The Bertz CT molecular complexity index is 1760. The molecule has 0 aliphatic carbocycles. The summed E-state index contributed by atoms with van der Waals surface area (Å²) in [5.41, 5.74) is -1.32. The predicted molar refractivity (Wildman–Crippen MR) is 151 cm³/mol. The van der Waals surface area contributed by atoms with Crippen molar-refractivity contribution < 1.29 is 49.8 Å². The Morgan fingerprint density at radius 1 is 0.767 bits per heavy atom. The molecule has 0 saturated carbocycles. The number of hydrogen-bond donors (Lipinski definition) is 1. The van der Waals surface area contributed by atoms with Gasteiger partial charge in [0.2, 0.25) is 10.0 Å². The predicted octanol–water partition coefficient (Wildman–Crippen LogP) is 3.40. The van der Waals surface area contributed by atoms with Crippen LogP contribution in [0.25, 0.3) is 6.08 Å². The first kappa shape index (κ1) is 32.4. The first-order chi connectivity index (χ1) is 20.2. The molecule has 0 heterocycles. The minimum Gasteiger partial charge on any atom is -0.496 e. The molecule has 0 saturated heterocycles. The Kier molecular flexibility index (Phi) is 9.99. The number of non-ortho nitro benzene ring substituents is 1. The highest BCUT2D eigenvalue weighted by molar-refractivity contribution is 7.88. The zero-order valence-corrected chi connectivity index (χ0v) is 24.6. The maximum absolute atomic E-state index is 13.0. The van der Waals surface area contributed by atoms with Gasteiger partial charge in [-0.3, -0.25) is 25.0 Å². The van der Waals surface area contributed by atoms with Crippen molar-refractivity contribution in [2.24, 2.45) is 0 Å². The van der Waals surface area contributed by atoms with Crippen LogP contribution < -0.4 is 27.9 Å². The van der Waals surface area contributed by atoms with Crippen LogP contribution in [0, 0.1) is 20.2 Å². The topological polar surface area (TPSA) is 213 Å². The van der Waals surface area contributed by atoms with Crippen LogP contribution in [0.1, 0.15) is 11.1 Å². The lowest BCUT2D eigenvalue weighted by Crippen LogP contribution is -2.20. The fourth-order valence-electron chi connectivity index (χ4n) is 3.69. The van der Waals surface area contributed by atoms with E-state index in [-0.39, 0.29) is 11.3 Å². The first-order valence-corrected chi connectivity index (χ1v) is 14.8. The Morgan fingerprint density at radius 2 is 1.40 bits per heavy atom. The zero-order chi connectivity index (χ0) is 31.9. The van der Waals surface area contributed by atoms with E-state index in [0.29, 0.717) is 34.9 Å². The van der Waals surface area contributed by atoms with Gasteiger partial charge in [-0.1, -0.05) is 6.07 Å². The van der Waals surface area contributed by atoms with Gasteiger partial charge in [-0.05, 0) is 29.8 Å². The van der Waals surface area contributed by atoms with Gasteiger partial charge in [0.1, 0.15) is 17.2 Å². The molecule has 0 unspecified atom stereocenters. The molecule has 0 aromatic heterocycles. The lowest BCUT2D eigenvalue weighted by molar-refractivity contribution is -0.396. The monoisotopic (exact) mass is 639 g/mol. The molecule has 0 atom stereocenters. The van der Waals surface area contributed by atoms with E-state index in [9.17, 15) is 37.1 Å². The largest absolute Gasteiger partial charge is 0.496 e. The first-order valence-electron chi connectivity index (χ1n) is 11.8. The van der Waals surface area contributed by atoms with E-state index < -0.39 is 57.8 Å². The van der Waals surface area contributed by atoms with Crippen LogP contribution in [0.5, 0.6) is 28.7 Å². The van der Waals surface area contributed by atoms with Gasteiger partial charge in [0.05, 0.1) is 55.7 Å². The number of hydrogen-bond acceptors (Lipinski definition) is 13. The molecule has 0 bridgehead atoms. The van der Waals surface area contributed by atoms with Crippen molar-refractivity contribution in [2.75, 3.05) is 28.4 Å². The second kappa shape index (κ2) is 13.3. The normalized spacial score (nSPS) is 11.5. The van der Waals surface area contributed by atoms with Gasteiger partial charge in [-0.2, -0.15) is 8.42 Å². The fraction of sp³-hybridized carbons (Fsp3) is 0.200. The van der Waals surface area contributed by atoms with Crippen LogP contribution in [0.4, 0.5) is 11.4 Å². The van der Waals surface area contributed by atoms with Crippen molar-refractivity contribution in [1.82, 2.24) is 4.72 Å². The summed E-state index contributed by atoms with van der Waals surface area (Å²) >= 11 is 0. The summed E-state index contributed by atoms with van der Waals surface area (Å²) in [6, 6.07) is 8.70. The summed E-state index contributed by atoms with van der Waals surface area (Å²) in [7, 11) is -3.52. The smallest absolute Gasteiger partial charge is 0.346 e. The highest BCUT2D eigenvalue weighted by atomic mass is 32.2. The molecule has 0 amide bonds. The number of nitrogens with zero attached hydrogens (tertiary/aromatic N) is 2. The van der Waals surface area contributed by atoms with Gasteiger partial charge in [0.15, 0.2) is 16.4 Å². The van der Waals surface area contributed by atoms with Gasteiger partial charge < -0.3 is 23.1 Å². The van der Waals surface area contributed by atoms with Crippen molar-refractivity contribution in [3.63, 3.8) is 0 Å². The number of benzene rings is 3. The third-order valence-corrected chi connectivity index (χ3v) is 8.15. The number of ether oxygens (including phenoxy) is 4. The maximum atomic E-state index is 13.0. The van der Waals surface area contributed by atoms with Crippen molar-refractivity contribution in [1.29, 1.82) is 0 Å². The lowest BCUT2D eigenvalue weighted by atomic mass is 10.1. The third-order valence-electron chi connectivity index (χ3n) is 5.65. The van der Waals surface area contributed by atoms with Gasteiger partial charge in [0, 0.05) is 24.4 Å². The number of nitro benzene ring substituents is 2. The molecule has 3 rings (SSSR count). The van der Waals surface area contributed by atoms with Gasteiger partial charge >= 0.3 is 10.1 Å². The summed E-state index contributed by atoms with van der Waals surface area (Å²) < 4.78 is 79.8. The molecule has 16 nitrogen and oxygen atoms in total. The van der Waals surface area contributed by atoms with Crippen molar-refractivity contribution in [3.05, 3.63) is 86.1 Å². The van der Waals surface area contributed by atoms with Crippen LogP contribution >= 0.6 is 0 Å². The van der Waals surface area contributed by atoms with E-state index in [1.807, 2.05) is 0 Å². The molecule has 43 heavy (non-hydrogen) atoms. The average Bonchev–Trinajstić information content (AvgIpc) is 2.96. The average molecular weight is 640 g/mol. The summed E-state index contributed by atoms with van der Waals surface area (Å²) in [5.74, 6) is -0.121. The van der Waals surface area contributed by atoms with Crippen molar-refractivity contribution >= 4 is 37.6 Å². The Hall–Kier alpha value is -5.10. The minimum absolute atomic E-state index is 0.0599. The van der Waals surface area contributed by atoms with Crippen molar-refractivity contribution in [3.8, 4) is 28.7 Å². The van der Waals surface area contributed by atoms with E-state index in [1.54, 1.807) is 12.1 Å². The number of methoxy groups -OCH3 is 4. The van der Waals surface area contributed by atoms with E-state index in [1.165, 1.54) is 46.6 Å². The van der Waals surface area contributed by atoms with Crippen LogP contribution in [0.2, 0.25) is 0 Å². The third kappa shape index (κ3) is 7.80. The van der Waals surface area contributed by atoms with E-state index in [0.717, 1.165) is 18.3 Å². The minimum atomic E-state index is -4.94. The number of rotatable bonds is 14. The fourth-order valence-corrected chi connectivity index (χ4v) is 5.75. The Balaban J connectivity index is 1.88. The summed E-state index contributed by atoms with van der Waals surface area (Å²) in [6.07, 6.45) is 2.54. The maximum Gasteiger partial charge on any atom is 0.346 e. The molecule has 0 spiro atoms. The van der Waals surface area contributed by atoms with E-state index >= 15 is 0 Å². The molecular formula is C25H25N3O13S2. The van der Waals surface area contributed by atoms with Crippen LogP contribution in [0.3, 0.4) is 0 Å².